The molecule has 0 saturated carbocycles. The van der Waals surface area contributed by atoms with Gasteiger partial charge in [-0.15, -0.1) is 0 Å². The molecule has 1 aromatic rings. The van der Waals surface area contributed by atoms with Gasteiger partial charge in [0.15, 0.2) is 12.0 Å². The smallest absolute Gasteiger partial charge is 0.333 e. The van der Waals surface area contributed by atoms with Crippen molar-refractivity contribution in [2.24, 2.45) is 0 Å². The lowest BCUT2D eigenvalue weighted by atomic mass is 10.1. The van der Waals surface area contributed by atoms with Crippen LogP contribution in [0.2, 0.25) is 0 Å². The van der Waals surface area contributed by atoms with E-state index >= 15 is 4.39 Å². The van der Waals surface area contributed by atoms with E-state index in [9.17, 15) is 9.59 Å². The highest BCUT2D eigenvalue weighted by Gasteiger charge is 2.58. The molecule has 2 saturated heterocycles. The number of hydrogen-bond donors (Lipinski definition) is 0. The monoisotopic (exact) mass is 762 g/mol. The van der Waals surface area contributed by atoms with Crippen LogP contribution in [0.4, 0.5) is 4.39 Å². The van der Waals surface area contributed by atoms with E-state index in [-0.39, 0.29) is 38.3 Å². The first kappa shape index (κ1) is 44.9. The van der Waals surface area contributed by atoms with E-state index in [1.54, 1.807) is 6.08 Å². The van der Waals surface area contributed by atoms with Crippen molar-refractivity contribution in [2.45, 2.75) is 176 Å². The Morgan fingerprint density at radius 3 is 2.17 bits per heavy atom. The van der Waals surface area contributed by atoms with Gasteiger partial charge >= 0.3 is 5.69 Å². The standard InChI is InChI=1S/C40H64FN4O7P/c1-11-21-40(22-12-2)51-35-34(27-49-53(48-25-15-23-42)45(29(5)6)30(7)8)50-38(36(35)52-40)44-26-33(41)37(46)43(39(44)47)24-20-32(10)19-14-18-31(9)17-13-16-28(3)4/h16,18,20,26,29-30,34-36,38H,11-15,17,19,21-22,24-25,27H2,1-10H3/b31-18+,32-20+/t34-,35+,36?,38-,53?/m1/s1. The largest absolute Gasteiger partial charge is 0.346 e. The average molecular weight is 763 g/mol. The zero-order chi connectivity index (χ0) is 39.3. The molecule has 2 aliphatic rings. The van der Waals surface area contributed by atoms with Crippen molar-refractivity contribution in [3.05, 3.63) is 67.8 Å². The van der Waals surface area contributed by atoms with Gasteiger partial charge in [0.2, 0.25) is 5.82 Å². The Hall–Kier alpha value is -2.49. The number of nitriles is 1. The van der Waals surface area contributed by atoms with Gasteiger partial charge in [0.1, 0.15) is 18.3 Å². The van der Waals surface area contributed by atoms with Gasteiger partial charge in [0, 0.05) is 31.5 Å². The maximum atomic E-state index is 15.4. The van der Waals surface area contributed by atoms with E-state index < -0.39 is 55.9 Å². The zero-order valence-electron chi connectivity index (χ0n) is 33.7. The van der Waals surface area contributed by atoms with Crippen LogP contribution in [0.15, 0.2) is 50.7 Å². The molecule has 3 rings (SSSR count). The van der Waals surface area contributed by atoms with Crippen LogP contribution in [-0.2, 0) is 29.8 Å². The predicted octanol–water partition coefficient (Wildman–Crippen LogP) is 8.84. The second-order valence-electron chi connectivity index (χ2n) is 15.0. The number of fused-ring (bicyclic) bond motifs is 1. The van der Waals surface area contributed by atoms with Gasteiger partial charge in [-0.3, -0.25) is 13.9 Å². The molecule has 0 aliphatic carbocycles. The van der Waals surface area contributed by atoms with Gasteiger partial charge in [-0.1, -0.05) is 61.6 Å². The summed E-state index contributed by atoms with van der Waals surface area (Å²) in [5, 5.41) is 9.13. The Labute approximate surface area is 317 Å². The maximum absolute atomic E-state index is 15.4. The summed E-state index contributed by atoms with van der Waals surface area (Å²) in [6.45, 7) is 20.8. The minimum absolute atomic E-state index is 0.0468. The van der Waals surface area contributed by atoms with Gasteiger partial charge in [-0.25, -0.2) is 9.46 Å². The van der Waals surface area contributed by atoms with Crippen LogP contribution < -0.4 is 11.2 Å². The Balaban J connectivity index is 1.91. The summed E-state index contributed by atoms with van der Waals surface area (Å²) in [4.78, 5) is 27.0. The molecule has 13 heteroatoms. The summed E-state index contributed by atoms with van der Waals surface area (Å²) >= 11 is 0. The maximum Gasteiger partial charge on any atom is 0.333 e. The lowest BCUT2D eigenvalue weighted by molar-refractivity contribution is -0.226. The fourth-order valence-electron chi connectivity index (χ4n) is 6.95. The van der Waals surface area contributed by atoms with Crippen LogP contribution in [0.3, 0.4) is 0 Å². The van der Waals surface area contributed by atoms with Crippen LogP contribution in [0.25, 0.3) is 0 Å². The summed E-state index contributed by atoms with van der Waals surface area (Å²) in [6, 6.07) is 2.31. The average Bonchev–Trinajstić information content (AvgIpc) is 3.60. The molecule has 0 bridgehead atoms. The number of hydrogen-bond acceptors (Lipinski definition) is 9. The number of nitrogens with zero attached hydrogens (tertiary/aromatic N) is 4. The Kier molecular flexibility index (Phi) is 18.3. The van der Waals surface area contributed by atoms with E-state index in [2.05, 4.69) is 85.2 Å². The molecule has 298 valence electrons. The number of ether oxygens (including phenoxy) is 3. The normalized spacial score (nSPS) is 22.1. The Bertz CT molecular complexity index is 1560. The van der Waals surface area contributed by atoms with Crippen molar-refractivity contribution in [2.75, 3.05) is 13.2 Å². The van der Waals surface area contributed by atoms with E-state index in [1.165, 1.54) is 11.1 Å². The van der Waals surface area contributed by atoms with Crippen molar-refractivity contribution in [3.63, 3.8) is 0 Å². The molecular formula is C40H64FN4O7P. The van der Waals surface area contributed by atoms with Crippen molar-refractivity contribution < 1.29 is 27.6 Å². The molecule has 2 aliphatic heterocycles. The summed E-state index contributed by atoms with van der Waals surface area (Å²) in [6.07, 6.45) is 10.7. The summed E-state index contributed by atoms with van der Waals surface area (Å²) in [5.74, 6) is -1.96. The molecule has 0 aromatic carbocycles. The molecule has 0 N–H and O–H groups in total. The minimum atomic E-state index is -1.58. The van der Waals surface area contributed by atoms with Gasteiger partial charge < -0.3 is 23.3 Å². The van der Waals surface area contributed by atoms with E-state index in [1.807, 2.05) is 6.92 Å². The first-order valence-corrected chi connectivity index (χ1v) is 20.5. The molecule has 0 spiro atoms. The number of rotatable bonds is 22. The first-order valence-electron chi connectivity index (χ1n) is 19.4. The summed E-state index contributed by atoms with van der Waals surface area (Å²) < 4.78 is 51.9. The third-order valence-electron chi connectivity index (χ3n) is 9.43. The molecule has 5 atom stereocenters. The molecule has 1 aromatic heterocycles. The third-order valence-corrected chi connectivity index (χ3v) is 11.5. The highest BCUT2D eigenvalue weighted by Crippen LogP contribution is 2.50. The molecule has 0 amide bonds. The molecule has 11 nitrogen and oxygen atoms in total. The van der Waals surface area contributed by atoms with Crippen molar-refractivity contribution in [1.82, 2.24) is 13.8 Å². The van der Waals surface area contributed by atoms with Crippen molar-refractivity contribution in [3.8, 4) is 6.07 Å². The van der Waals surface area contributed by atoms with E-state index in [0.29, 0.717) is 12.8 Å². The molecule has 2 fully saturated rings. The fourth-order valence-corrected chi connectivity index (χ4v) is 8.57. The quantitative estimate of drug-likeness (QED) is 0.0649. The second-order valence-corrected chi connectivity index (χ2v) is 16.5. The third kappa shape index (κ3) is 12.5. The van der Waals surface area contributed by atoms with Crippen LogP contribution in [0, 0.1) is 17.1 Å². The first-order chi connectivity index (χ1) is 25.2. The SMILES string of the molecule is CCCC1(CCC)OC2[C@@H](O1)[C@@H](COP(OCCC#N)N(C(C)C)C(C)C)O[C@H]2n1cc(F)c(=O)n(C/C=C(\C)CC/C=C(\C)CCC=C(C)C)c1=O. The highest BCUT2D eigenvalue weighted by atomic mass is 31.2. The number of halogens is 1. The summed E-state index contributed by atoms with van der Waals surface area (Å²) in [5.41, 5.74) is 1.94. The van der Waals surface area contributed by atoms with Crippen LogP contribution in [0.1, 0.15) is 133 Å². The van der Waals surface area contributed by atoms with Gasteiger partial charge in [0.25, 0.3) is 14.1 Å². The lowest BCUT2D eigenvalue weighted by Gasteiger charge is -2.36. The van der Waals surface area contributed by atoms with Crippen molar-refractivity contribution >= 4 is 8.53 Å². The topological polar surface area (TPSA) is 117 Å². The van der Waals surface area contributed by atoms with Gasteiger partial charge in [-0.2, -0.15) is 9.65 Å². The van der Waals surface area contributed by atoms with Gasteiger partial charge in [0.05, 0.1) is 31.9 Å². The van der Waals surface area contributed by atoms with Gasteiger partial charge in [-0.05, 0) is 81.1 Å². The molecule has 3 heterocycles. The minimum Gasteiger partial charge on any atom is -0.346 e. The number of aromatic nitrogens is 2. The van der Waals surface area contributed by atoms with Crippen LogP contribution in [0.5, 0.6) is 0 Å². The molecule has 0 radical (unpaired) electrons. The number of allylic oxidation sites excluding steroid dienone is 6. The second kappa shape index (κ2) is 21.6. The molecular weight excluding hydrogens is 698 g/mol. The van der Waals surface area contributed by atoms with Crippen LogP contribution >= 0.6 is 8.53 Å². The highest BCUT2D eigenvalue weighted by molar-refractivity contribution is 7.44. The Morgan fingerprint density at radius 1 is 0.981 bits per heavy atom. The Morgan fingerprint density at radius 2 is 1.58 bits per heavy atom. The molecule has 53 heavy (non-hydrogen) atoms. The lowest BCUT2D eigenvalue weighted by Crippen LogP contribution is -2.44. The van der Waals surface area contributed by atoms with E-state index in [4.69, 9.17) is 28.5 Å². The zero-order valence-corrected chi connectivity index (χ0v) is 34.6. The summed E-state index contributed by atoms with van der Waals surface area (Å²) in [7, 11) is -1.58. The van der Waals surface area contributed by atoms with Crippen LogP contribution in [-0.4, -0.2) is 63.2 Å². The predicted molar refractivity (Wildman–Crippen MR) is 208 cm³/mol. The molecule has 2 unspecified atom stereocenters. The van der Waals surface area contributed by atoms with Crippen molar-refractivity contribution in [1.29, 1.82) is 5.26 Å². The fraction of sp³-hybridized carbons (Fsp3) is 0.725. The van der Waals surface area contributed by atoms with E-state index in [0.717, 1.165) is 59.4 Å².